The minimum Gasteiger partial charge on any atom is -0.486 e. The zero-order chi connectivity index (χ0) is 22.4. The van der Waals surface area contributed by atoms with Gasteiger partial charge in [-0.15, -0.1) is 0 Å². The average molecular weight is 429 g/mol. The van der Waals surface area contributed by atoms with Crippen LogP contribution in [-0.2, 0) is 6.61 Å². The van der Waals surface area contributed by atoms with Crippen LogP contribution in [0.4, 0.5) is 14.5 Å². The third kappa shape index (κ3) is 5.99. The van der Waals surface area contributed by atoms with Gasteiger partial charge in [-0.1, -0.05) is 12.1 Å². The summed E-state index contributed by atoms with van der Waals surface area (Å²) in [4.78, 5) is 22.6. The summed E-state index contributed by atoms with van der Waals surface area (Å²) in [6, 6.07) is 13.2. The van der Waals surface area contributed by atoms with E-state index in [1.807, 2.05) is 0 Å². The van der Waals surface area contributed by atoms with Crippen LogP contribution < -0.4 is 9.47 Å². The van der Waals surface area contributed by atoms with Crippen LogP contribution in [0.2, 0.25) is 0 Å². The number of allylic oxidation sites excluding steroid dienone is 1. The summed E-state index contributed by atoms with van der Waals surface area (Å²) in [5.74, 6) is 0.823. The number of ketones is 1. The smallest absolute Gasteiger partial charge is 0.387 e. The van der Waals surface area contributed by atoms with Crippen molar-refractivity contribution in [2.75, 3.05) is 0 Å². The second-order valence-electron chi connectivity index (χ2n) is 6.40. The molecule has 7 nitrogen and oxygen atoms in total. The number of nitro groups is 1. The molecule has 31 heavy (non-hydrogen) atoms. The predicted octanol–water partition coefficient (Wildman–Crippen LogP) is 5.57. The van der Waals surface area contributed by atoms with Gasteiger partial charge in [-0.05, 0) is 55.5 Å². The Morgan fingerprint density at radius 1 is 1.16 bits per heavy atom. The number of nitro benzene ring substituents is 1. The first-order chi connectivity index (χ1) is 14.8. The SMILES string of the molecule is Cc1cc(OCc2ccc(/C=C/C(=O)c3cccc(OC(F)F)c3)o2)ccc1[N+](=O)[O-]. The van der Waals surface area contributed by atoms with Crippen LogP contribution in [0.25, 0.3) is 6.08 Å². The summed E-state index contributed by atoms with van der Waals surface area (Å²) in [5.41, 5.74) is 0.680. The van der Waals surface area contributed by atoms with E-state index >= 15 is 0 Å². The summed E-state index contributed by atoms with van der Waals surface area (Å²) in [7, 11) is 0. The second kappa shape index (κ2) is 9.66. The summed E-state index contributed by atoms with van der Waals surface area (Å²) in [6.07, 6.45) is 2.70. The molecule has 0 aliphatic rings. The molecule has 3 rings (SSSR count). The molecule has 0 spiro atoms. The quantitative estimate of drug-likeness (QED) is 0.191. The van der Waals surface area contributed by atoms with E-state index in [-0.39, 0.29) is 23.6 Å². The molecule has 3 aromatic rings. The van der Waals surface area contributed by atoms with Gasteiger partial charge in [0.2, 0.25) is 0 Å². The van der Waals surface area contributed by atoms with E-state index in [2.05, 4.69) is 4.74 Å². The largest absolute Gasteiger partial charge is 0.486 e. The van der Waals surface area contributed by atoms with Crippen LogP contribution in [0.15, 0.2) is 65.1 Å². The maximum absolute atomic E-state index is 12.3. The lowest BCUT2D eigenvalue weighted by atomic mass is 10.1. The summed E-state index contributed by atoms with van der Waals surface area (Å²) >= 11 is 0. The van der Waals surface area contributed by atoms with E-state index in [1.165, 1.54) is 48.6 Å². The molecule has 0 saturated heterocycles. The standard InChI is InChI=1S/C22H17F2NO6/c1-14-11-17(7-9-20(14)25(27)28)29-13-19-6-5-16(30-19)8-10-21(26)15-3-2-4-18(12-15)31-22(23)24/h2-12,22H,13H2,1H3/b10-8+. The highest BCUT2D eigenvalue weighted by Gasteiger charge is 2.11. The first-order valence-corrected chi connectivity index (χ1v) is 9.05. The molecule has 0 radical (unpaired) electrons. The molecule has 0 fully saturated rings. The fourth-order valence-electron chi connectivity index (χ4n) is 2.72. The molecule has 160 valence electrons. The summed E-state index contributed by atoms with van der Waals surface area (Å²) in [5, 5.41) is 10.9. The van der Waals surface area contributed by atoms with Gasteiger partial charge in [0.05, 0.1) is 4.92 Å². The van der Waals surface area contributed by atoms with E-state index < -0.39 is 17.3 Å². The fourth-order valence-corrected chi connectivity index (χ4v) is 2.72. The number of hydrogen-bond acceptors (Lipinski definition) is 6. The first kappa shape index (κ1) is 21.7. The lowest BCUT2D eigenvalue weighted by Gasteiger charge is -2.05. The normalized spacial score (nSPS) is 11.1. The van der Waals surface area contributed by atoms with Crippen LogP contribution >= 0.6 is 0 Å². The maximum Gasteiger partial charge on any atom is 0.387 e. The molecule has 9 heteroatoms. The van der Waals surface area contributed by atoms with Crippen LogP contribution in [0.3, 0.4) is 0 Å². The monoisotopic (exact) mass is 429 g/mol. The van der Waals surface area contributed by atoms with Gasteiger partial charge >= 0.3 is 6.61 Å². The van der Waals surface area contributed by atoms with Gasteiger partial charge in [-0.2, -0.15) is 8.78 Å². The molecule has 0 atom stereocenters. The Balaban J connectivity index is 1.59. The van der Waals surface area contributed by atoms with Crippen LogP contribution in [0.5, 0.6) is 11.5 Å². The lowest BCUT2D eigenvalue weighted by molar-refractivity contribution is -0.385. The molecule has 0 bridgehead atoms. The van der Waals surface area contributed by atoms with Crippen molar-refractivity contribution in [2.24, 2.45) is 0 Å². The van der Waals surface area contributed by atoms with E-state index in [0.717, 1.165) is 0 Å². The lowest BCUT2D eigenvalue weighted by Crippen LogP contribution is -2.03. The third-order valence-electron chi connectivity index (χ3n) is 4.17. The molecule has 0 unspecified atom stereocenters. The molecule has 0 aliphatic heterocycles. The van der Waals surface area contributed by atoms with Gasteiger partial charge in [0.1, 0.15) is 29.6 Å². The molecule has 0 N–H and O–H groups in total. The van der Waals surface area contributed by atoms with Gasteiger partial charge < -0.3 is 13.9 Å². The molecular formula is C22H17F2NO6. The van der Waals surface area contributed by atoms with Crippen molar-refractivity contribution in [2.45, 2.75) is 20.1 Å². The minimum atomic E-state index is -2.97. The predicted molar refractivity (Wildman–Crippen MR) is 107 cm³/mol. The highest BCUT2D eigenvalue weighted by atomic mass is 19.3. The number of benzene rings is 2. The molecule has 0 aliphatic carbocycles. The molecule has 2 aromatic carbocycles. The number of nitrogens with zero attached hydrogens (tertiary/aromatic N) is 1. The van der Waals surface area contributed by atoms with Crippen molar-refractivity contribution in [3.8, 4) is 11.5 Å². The Bertz CT molecular complexity index is 1120. The van der Waals surface area contributed by atoms with Crippen LogP contribution in [0, 0.1) is 17.0 Å². The topological polar surface area (TPSA) is 91.8 Å². The van der Waals surface area contributed by atoms with Gasteiger partial charge in [-0.3, -0.25) is 14.9 Å². The van der Waals surface area contributed by atoms with Gasteiger partial charge in [0.15, 0.2) is 5.78 Å². The molecule has 0 amide bonds. The molecular weight excluding hydrogens is 412 g/mol. The number of carbonyl (C=O) groups excluding carboxylic acids is 1. The molecule has 1 aromatic heterocycles. The third-order valence-corrected chi connectivity index (χ3v) is 4.17. The van der Waals surface area contributed by atoms with E-state index in [0.29, 0.717) is 22.8 Å². The number of alkyl halides is 2. The van der Waals surface area contributed by atoms with Gasteiger partial charge in [-0.25, -0.2) is 0 Å². The van der Waals surface area contributed by atoms with Crippen molar-refractivity contribution in [3.63, 3.8) is 0 Å². The Morgan fingerprint density at radius 2 is 1.97 bits per heavy atom. The second-order valence-corrected chi connectivity index (χ2v) is 6.40. The fraction of sp³-hybridized carbons (Fsp3) is 0.136. The molecule has 0 saturated carbocycles. The Kier molecular flexibility index (Phi) is 6.76. The summed E-state index contributed by atoms with van der Waals surface area (Å²) in [6.45, 7) is -1.27. The summed E-state index contributed by atoms with van der Waals surface area (Å²) < 4.78 is 40.0. The van der Waals surface area contributed by atoms with E-state index in [9.17, 15) is 23.7 Å². The van der Waals surface area contributed by atoms with Gasteiger partial charge in [0, 0.05) is 17.2 Å². The zero-order valence-electron chi connectivity index (χ0n) is 16.3. The number of halogens is 2. The highest BCUT2D eigenvalue weighted by molar-refractivity contribution is 6.06. The Hall–Kier alpha value is -4.01. The first-order valence-electron chi connectivity index (χ1n) is 9.05. The van der Waals surface area contributed by atoms with Crippen molar-refractivity contribution >= 4 is 17.5 Å². The number of carbonyl (C=O) groups is 1. The van der Waals surface area contributed by atoms with Crippen molar-refractivity contribution in [3.05, 3.63) is 93.4 Å². The highest BCUT2D eigenvalue weighted by Crippen LogP contribution is 2.24. The minimum absolute atomic E-state index is 0.00810. The van der Waals surface area contributed by atoms with Crippen LogP contribution in [0.1, 0.15) is 27.4 Å². The van der Waals surface area contributed by atoms with Crippen molar-refractivity contribution in [1.29, 1.82) is 0 Å². The number of furan rings is 1. The van der Waals surface area contributed by atoms with Crippen molar-refractivity contribution < 1.29 is 32.4 Å². The van der Waals surface area contributed by atoms with E-state index in [4.69, 9.17) is 9.15 Å². The molecule has 1 heterocycles. The van der Waals surface area contributed by atoms with Gasteiger partial charge in [0.25, 0.3) is 5.69 Å². The maximum atomic E-state index is 12.3. The average Bonchev–Trinajstić information content (AvgIpc) is 3.18. The Morgan fingerprint density at radius 3 is 2.68 bits per heavy atom. The van der Waals surface area contributed by atoms with Crippen LogP contribution in [-0.4, -0.2) is 17.3 Å². The Labute approximate surface area is 175 Å². The van der Waals surface area contributed by atoms with Crippen molar-refractivity contribution in [1.82, 2.24) is 0 Å². The number of aryl methyl sites for hydroxylation is 1. The number of rotatable bonds is 9. The number of hydrogen-bond donors (Lipinski definition) is 0. The zero-order valence-corrected chi connectivity index (χ0v) is 16.3. The number of ether oxygens (including phenoxy) is 2. The van der Waals surface area contributed by atoms with E-state index in [1.54, 1.807) is 25.1 Å².